The summed E-state index contributed by atoms with van der Waals surface area (Å²) < 4.78 is -0.0128. The summed E-state index contributed by atoms with van der Waals surface area (Å²) in [5, 5.41) is 12.3. The number of hydrogen-bond donors (Lipinski definition) is 0. The van der Waals surface area contributed by atoms with Crippen LogP contribution in [0.1, 0.15) is 110 Å². The summed E-state index contributed by atoms with van der Waals surface area (Å²) in [6.45, 7) is 6.13. The highest BCUT2D eigenvalue weighted by Gasteiger charge is 2.08. The minimum atomic E-state index is -0.0128. The molecule has 1 unspecified atom stereocenters. The number of rotatable bonds is 17. The number of nitrogens with zero attached hydrogens (tertiary/aromatic N) is 1. The molecule has 134 valence electrons. The maximum absolute atomic E-state index is 12.3. The van der Waals surface area contributed by atoms with Gasteiger partial charge in [0.05, 0.1) is 20.1 Å². The number of hydroxylamine groups is 3. The monoisotopic (exact) mass is 313 g/mol. The standard InChI is InChI=1S/C20H43NO/c1-4-6-8-10-11-12-13-14-15-16-18-20-21(3,22)19-17-9-7-5-2/h4-20H2,1-3H3. The lowest BCUT2D eigenvalue weighted by Gasteiger charge is -2.39. The van der Waals surface area contributed by atoms with E-state index in [1.165, 1.54) is 83.5 Å². The van der Waals surface area contributed by atoms with E-state index < -0.39 is 0 Å². The normalized spacial score (nSPS) is 14.2. The van der Waals surface area contributed by atoms with Gasteiger partial charge in [-0.25, -0.2) is 0 Å². The summed E-state index contributed by atoms with van der Waals surface area (Å²) in [6, 6.07) is 0. The second-order valence-corrected chi connectivity index (χ2v) is 7.34. The molecule has 2 heteroatoms. The third-order valence-corrected chi connectivity index (χ3v) is 4.72. The Balaban J connectivity index is 3.26. The first-order chi connectivity index (χ1) is 10.6. The summed E-state index contributed by atoms with van der Waals surface area (Å²) in [5.74, 6) is 0. The SMILES string of the molecule is CCCCCCCCCCCCC[N+](C)([O-])CCCCCC. The Morgan fingerprint density at radius 2 is 0.773 bits per heavy atom. The fourth-order valence-corrected chi connectivity index (χ4v) is 3.10. The van der Waals surface area contributed by atoms with E-state index >= 15 is 0 Å². The predicted molar refractivity (Wildman–Crippen MR) is 99.9 cm³/mol. The van der Waals surface area contributed by atoms with E-state index in [0.717, 1.165) is 25.9 Å². The van der Waals surface area contributed by atoms with Crippen LogP contribution in [0.5, 0.6) is 0 Å². The van der Waals surface area contributed by atoms with Gasteiger partial charge in [0, 0.05) is 0 Å². The Kier molecular flexibility index (Phi) is 15.7. The van der Waals surface area contributed by atoms with Crippen molar-refractivity contribution in [3.8, 4) is 0 Å². The van der Waals surface area contributed by atoms with Gasteiger partial charge in [0.1, 0.15) is 0 Å². The summed E-state index contributed by atoms with van der Waals surface area (Å²) in [7, 11) is 1.86. The van der Waals surface area contributed by atoms with E-state index in [4.69, 9.17) is 0 Å². The lowest BCUT2D eigenvalue weighted by atomic mass is 10.1. The van der Waals surface area contributed by atoms with Crippen molar-refractivity contribution >= 4 is 0 Å². The fraction of sp³-hybridized carbons (Fsp3) is 1.00. The molecule has 0 saturated carbocycles. The number of hydrogen-bond acceptors (Lipinski definition) is 1. The van der Waals surface area contributed by atoms with Gasteiger partial charge in [0.25, 0.3) is 0 Å². The maximum atomic E-state index is 12.3. The van der Waals surface area contributed by atoms with Gasteiger partial charge < -0.3 is 9.85 Å². The number of quaternary nitrogens is 1. The average Bonchev–Trinajstić information content (AvgIpc) is 2.49. The maximum Gasteiger partial charge on any atom is 0.0781 e. The second-order valence-electron chi connectivity index (χ2n) is 7.34. The molecule has 0 N–H and O–H groups in total. The van der Waals surface area contributed by atoms with E-state index in [-0.39, 0.29) is 4.65 Å². The van der Waals surface area contributed by atoms with Crippen LogP contribution in [0.3, 0.4) is 0 Å². The molecule has 0 radical (unpaired) electrons. The average molecular weight is 314 g/mol. The van der Waals surface area contributed by atoms with Gasteiger partial charge in [-0.1, -0.05) is 84.5 Å². The molecule has 22 heavy (non-hydrogen) atoms. The van der Waals surface area contributed by atoms with Crippen molar-refractivity contribution in [1.29, 1.82) is 0 Å². The van der Waals surface area contributed by atoms with Gasteiger partial charge in [-0.05, 0) is 25.7 Å². The van der Waals surface area contributed by atoms with Crippen molar-refractivity contribution in [2.45, 2.75) is 110 Å². The zero-order valence-electron chi connectivity index (χ0n) is 15.9. The predicted octanol–water partition coefficient (Wildman–Crippen LogP) is 6.82. The highest BCUT2D eigenvalue weighted by atomic mass is 16.5. The molecule has 0 saturated heterocycles. The van der Waals surface area contributed by atoms with Gasteiger partial charge in [0.2, 0.25) is 0 Å². The van der Waals surface area contributed by atoms with E-state index in [1.54, 1.807) is 0 Å². The van der Waals surface area contributed by atoms with Gasteiger partial charge in [-0.2, -0.15) is 0 Å². The molecule has 1 atom stereocenters. The van der Waals surface area contributed by atoms with Crippen LogP contribution in [0.25, 0.3) is 0 Å². The van der Waals surface area contributed by atoms with Crippen LogP contribution in [-0.2, 0) is 0 Å². The Labute approximate surface area is 140 Å². The van der Waals surface area contributed by atoms with Gasteiger partial charge in [-0.3, -0.25) is 0 Å². The van der Waals surface area contributed by atoms with Crippen LogP contribution < -0.4 is 0 Å². The van der Waals surface area contributed by atoms with Crippen LogP contribution in [0.2, 0.25) is 0 Å². The molecule has 0 rings (SSSR count). The van der Waals surface area contributed by atoms with Crippen molar-refractivity contribution in [2.75, 3.05) is 20.1 Å². The molecule has 0 aromatic heterocycles. The van der Waals surface area contributed by atoms with Gasteiger partial charge in [0.15, 0.2) is 0 Å². The Hall–Kier alpha value is -0.0800. The second kappa shape index (κ2) is 15.8. The molecular formula is C20H43NO. The summed E-state index contributed by atoms with van der Waals surface area (Å²) >= 11 is 0. The quantitative estimate of drug-likeness (QED) is 0.164. The smallest absolute Gasteiger partial charge is 0.0781 e. The van der Waals surface area contributed by atoms with Crippen molar-refractivity contribution in [2.24, 2.45) is 0 Å². The molecule has 0 spiro atoms. The van der Waals surface area contributed by atoms with Gasteiger partial charge in [-0.15, -0.1) is 0 Å². The molecule has 0 aliphatic carbocycles. The molecule has 0 fully saturated rings. The van der Waals surface area contributed by atoms with E-state index in [0.29, 0.717) is 0 Å². The third kappa shape index (κ3) is 16.3. The lowest BCUT2D eigenvalue weighted by molar-refractivity contribution is -0.861. The fourth-order valence-electron chi connectivity index (χ4n) is 3.10. The first kappa shape index (κ1) is 21.9. The van der Waals surface area contributed by atoms with Crippen molar-refractivity contribution < 1.29 is 4.65 Å². The molecule has 2 nitrogen and oxygen atoms in total. The van der Waals surface area contributed by atoms with E-state index in [9.17, 15) is 5.21 Å². The van der Waals surface area contributed by atoms with Gasteiger partial charge >= 0.3 is 0 Å². The summed E-state index contributed by atoms with van der Waals surface area (Å²) in [6.07, 6.45) is 19.8. The topological polar surface area (TPSA) is 23.1 Å². The van der Waals surface area contributed by atoms with Crippen LogP contribution in [0.4, 0.5) is 0 Å². The van der Waals surface area contributed by atoms with E-state index in [2.05, 4.69) is 13.8 Å². The van der Waals surface area contributed by atoms with Crippen molar-refractivity contribution in [3.63, 3.8) is 0 Å². The highest BCUT2D eigenvalue weighted by Crippen LogP contribution is 2.13. The Bertz CT molecular complexity index is 216. The molecule has 0 amide bonds. The van der Waals surface area contributed by atoms with Crippen LogP contribution in [0.15, 0.2) is 0 Å². The molecule has 0 heterocycles. The molecule has 0 bridgehead atoms. The van der Waals surface area contributed by atoms with Crippen LogP contribution in [0, 0.1) is 5.21 Å². The first-order valence-electron chi connectivity index (χ1n) is 10.2. The van der Waals surface area contributed by atoms with Crippen LogP contribution >= 0.6 is 0 Å². The Morgan fingerprint density at radius 3 is 1.14 bits per heavy atom. The third-order valence-electron chi connectivity index (χ3n) is 4.72. The van der Waals surface area contributed by atoms with Crippen LogP contribution in [-0.4, -0.2) is 24.8 Å². The minimum Gasteiger partial charge on any atom is -0.633 e. The van der Waals surface area contributed by atoms with E-state index in [1.807, 2.05) is 7.05 Å². The largest absolute Gasteiger partial charge is 0.633 e. The Morgan fingerprint density at radius 1 is 0.500 bits per heavy atom. The molecular weight excluding hydrogens is 270 g/mol. The molecule has 0 aromatic rings. The summed E-state index contributed by atoms with van der Waals surface area (Å²) in [4.78, 5) is 0. The highest BCUT2D eigenvalue weighted by molar-refractivity contribution is 4.49. The number of unbranched alkanes of at least 4 members (excludes halogenated alkanes) is 13. The minimum absolute atomic E-state index is 0.0128. The zero-order chi connectivity index (χ0) is 16.5. The first-order valence-corrected chi connectivity index (χ1v) is 10.2. The zero-order valence-corrected chi connectivity index (χ0v) is 15.9. The molecule has 0 aliphatic rings. The summed E-state index contributed by atoms with van der Waals surface area (Å²) in [5.41, 5.74) is 0. The van der Waals surface area contributed by atoms with Crippen molar-refractivity contribution in [1.82, 2.24) is 0 Å². The lowest BCUT2D eigenvalue weighted by Crippen LogP contribution is -2.39. The molecule has 0 aliphatic heterocycles. The van der Waals surface area contributed by atoms with Crippen molar-refractivity contribution in [3.05, 3.63) is 5.21 Å². The molecule has 0 aromatic carbocycles.